The number of allylic oxidation sites excluding steroid dienone is 1. The Hall–Kier alpha value is -1.48. The average Bonchev–Trinajstić information content (AvgIpc) is 3.27. The molecule has 5 rings (SSSR count). The number of hydrogen-bond acceptors (Lipinski definition) is 2. The summed E-state index contributed by atoms with van der Waals surface area (Å²) in [6.45, 7) is 15.0. The van der Waals surface area contributed by atoms with Crippen LogP contribution in [-0.4, -0.2) is 12.2 Å². The molecule has 222 valence electrons. The summed E-state index contributed by atoms with van der Waals surface area (Å²) in [5, 5.41) is 3.53. The Balaban J connectivity index is 1.21. The molecule has 9 unspecified atom stereocenters. The predicted molar refractivity (Wildman–Crippen MR) is 168 cm³/mol. The molecule has 3 saturated carbocycles. The quantitative estimate of drug-likeness (QED) is 0.317. The lowest BCUT2D eigenvalue weighted by molar-refractivity contribution is -0.0579. The van der Waals surface area contributed by atoms with Crippen LogP contribution < -0.4 is 5.32 Å². The monoisotopic (exact) mass is 567 g/mol. The molecule has 1 aromatic rings. The van der Waals surface area contributed by atoms with Gasteiger partial charge in [0.15, 0.2) is 0 Å². The van der Waals surface area contributed by atoms with E-state index >= 15 is 0 Å². The Kier molecular flexibility index (Phi) is 9.01. The van der Waals surface area contributed by atoms with Gasteiger partial charge in [-0.3, -0.25) is 5.32 Å². The summed E-state index contributed by atoms with van der Waals surface area (Å²) in [6, 6.07) is 7.18. The second kappa shape index (κ2) is 12.0. The van der Waals surface area contributed by atoms with Gasteiger partial charge in [-0.15, -0.1) is 0 Å². The summed E-state index contributed by atoms with van der Waals surface area (Å²) in [6.07, 6.45) is 16.2. The highest BCUT2D eigenvalue weighted by Gasteiger charge is 2.59. The van der Waals surface area contributed by atoms with Crippen LogP contribution in [0.25, 0.3) is 0 Å². The Morgan fingerprint density at radius 3 is 2.48 bits per heavy atom. The molecule has 0 heterocycles. The van der Waals surface area contributed by atoms with E-state index in [1.165, 1.54) is 51.4 Å². The lowest BCUT2D eigenvalue weighted by Crippen LogP contribution is -2.51. The van der Waals surface area contributed by atoms with Gasteiger partial charge >= 0.3 is 6.09 Å². The number of carbonyl (C=O) groups excluding carboxylic acids is 1. The van der Waals surface area contributed by atoms with E-state index in [4.69, 9.17) is 16.3 Å². The van der Waals surface area contributed by atoms with Crippen LogP contribution in [-0.2, 0) is 4.74 Å². The van der Waals surface area contributed by atoms with E-state index in [1.54, 1.807) is 17.7 Å². The number of benzene rings is 1. The molecular weight excluding hydrogens is 514 g/mol. The highest BCUT2D eigenvalue weighted by Crippen LogP contribution is 2.67. The van der Waals surface area contributed by atoms with Crippen molar-refractivity contribution in [2.75, 3.05) is 5.32 Å². The Bertz CT molecular complexity index is 1070. The minimum Gasteiger partial charge on any atom is -0.446 e. The topological polar surface area (TPSA) is 38.3 Å². The third-order valence-corrected chi connectivity index (χ3v) is 12.9. The van der Waals surface area contributed by atoms with Gasteiger partial charge in [0.2, 0.25) is 0 Å². The van der Waals surface area contributed by atoms with Gasteiger partial charge in [0.25, 0.3) is 0 Å². The maximum atomic E-state index is 12.6. The van der Waals surface area contributed by atoms with Crippen LogP contribution in [0.2, 0.25) is 5.02 Å². The molecule has 4 aliphatic carbocycles. The standard InChI is InChI=1S/C36H54ClNO2/c1-7-25(23(2)3)9-8-24(4)31-16-17-32-30-15-10-26-22-29(40-34(39)38-28-13-11-27(37)12-14-28)18-20-35(26,5)33(30)19-21-36(31,32)6/h10-14,23-25,29-33H,7-9,15-22H2,1-6H3,(H,38,39). The van der Waals surface area contributed by atoms with E-state index in [-0.39, 0.29) is 17.6 Å². The summed E-state index contributed by atoms with van der Waals surface area (Å²) in [5.41, 5.74) is 3.07. The van der Waals surface area contributed by atoms with Crippen molar-refractivity contribution in [1.29, 1.82) is 0 Å². The van der Waals surface area contributed by atoms with Gasteiger partial charge in [-0.25, -0.2) is 4.79 Å². The molecule has 3 nitrogen and oxygen atoms in total. The molecule has 0 aliphatic heterocycles. The first-order chi connectivity index (χ1) is 19.0. The molecule has 4 heteroatoms. The van der Waals surface area contributed by atoms with Crippen LogP contribution in [0.15, 0.2) is 35.9 Å². The maximum Gasteiger partial charge on any atom is 0.411 e. The second-order valence-corrected chi connectivity index (χ2v) is 15.3. The summed E-state index contributed by atoms with van der Waals surface area (Å²) < 4.78 is 5.92. The summed E-state index contributed by atoms with van der Waals surface area (Å²) >= 11 is 5.98. The van der Waals surface area contributed by atoms with Crippen LogP contribution in [0.5, 0.6) is 0 Å². The molecule has 9 atom stereocenters. The van der Waals surface area contributed by atoms with Crippen LogP contribution in [0.3, 0.4) is 0 Å². The molecule has 0 aromatic heterocycles. The zero-order valence-corrected chi connectivity index (χ0v) is 26.7. The van der Waals surface area contributed by atoms with Gasteiger partial charge in [-0.05, 0) is 128 Å². The summed E-state index contributed by atoms with van der Waals surface area (Å²) in [4.78, 5) is 12.6. The van der Waals surface area contributed by atoms with Crippen molar-refractivity contribution >= 4 is 23.4 Å². The molecule has 3 fully saturated rings. The first-order valence-electron chi connectivity index (χ1n) is 16.5. The average molecular weight is 568 g/mol. The molecule has 1 aromatic carbocycles. The third-order valence-electron chi connectivity index (χ3n) is 12.6. The van der Waals surface area contributed by atoms with Gasteiger partial charge in [-0.1, -0.05) is 77.6 Å². The summed E-state index contributed by atoms with van der Waals surface area (Å²) in [5.74, 6) is 5.91. The molecular formula is C36H54ClNO2. The smallest absolute Gasteiger partial charge is 0.411 e. The molecule has 0 saturated heterocycles. The van der Waals surface area contributed by atoms with Crippen LogP contribution >= 0.6 is 11.6 Å². The SMILES string of the molecule is CCC(CCC(C)C1CCC2C3CC=C4CC(OC(=O)Nc5ccc(Cl)cc5)CCC4(C)C3CCC12C)C(C)C. The Morgan fingerprint density at radius 1 is 1.02 bits per heavy atom. The number of fused-ring (bicyclic) bond motifs is 5. The molecule has 0 radical (unpaired) electrons. The lowest BCUT2D eigenvalue weighted by Gasteiger charge is -2.58. The molecule has 0 spiro atoms. The van der Waals surface area contributed by atoms with Crippen molar-refractivity contribution in [3.05, 3.63) is 40.9 Å². The third kappa shape index (κ3) is 5.75. The number of rotatable bonds is 8. The van der Waals surface area contributed by atoms with Crippen LogP contribution in [0.4, 0.5) is 10.5 Å². The number of nitrogens with one attached hydrogen (secondary N) is 1. The lowest BCUT2D eigenvalue weighted by atomic mass is 9.47. The predicted octanol–water partition coefficient (Wildman–Crippen LogP) is 10.9. The maximum absolute atomic E-state index is 12.6. The fourth-order valence-electron chi connectivity index (χ4n) is 10.2. The van der Waals surface area contributed by atoms with Crippen molar-refractivity contribution in [2.24, 2.45) is 52.3 Å². The van der Waals surface area contributed by atoms with Gasteiger partial charge < -0.3 is 4.74 Å². The van der Waals surface area contributed by atoms with Crippen molar-refractivity contribution < 1.29 is 9.53 Å². The first-order valence-corrected chi connectivity index (χ1v) is 16.9. The second-order valence-electron chi connectivity index (χ2n) is 14.9. The van der Waals surface area contributed by atoms with E-state index in [0.717, 1.165) is 60.7 Å². The Labute approximate surface area is 249 Å². The number of halogens is 1. The molecule has 0 bridgehead atoms. The Morgan fingerprint density at radius 2 is 1.77 bits per heavy atom. The number of amides is 1. The molecule has 40 heavy (non-hydrogen) atoms. The highest BCUT2D eigenvalue weighted by atomic mass is 35.5. The van der Waals surface area contributed by atoms with Crippen molar-refractivity contribution in [3.63, 3.8) is 0 Å². The van der Waals surface area contributed by atoms with Crippen LogP contribution in [0.1, 0.15) is 112 Å². The normalized spacial score (nSPS) is 36.6. The minimum absolute atomic E-state index is 0.0356. The fourth-order valence-corrected chi connectivity index (χ4v) is 10.3. The van der Waals surface area contributed by atoms with Crippen molar-refractivity contribution in [3.8, 4) is 0 Å². The van der Waals surface area contributed by atoms with Crippen molar-refractivity contribution in [1.82, 2.24) is 0 Å². The fraction of sp³-hybridized carbons (Fsp3) is 0.750. The number of ether oxygens (including phenoxy) is 1. The molecule has 4 aliphatic rings. The van der Waals surface area contributed by atoms with Gasteiger partial charge in [-0.2, -0.15) is 0 Å². The number of carbonyl (C=O) groups is 1. The largest absolute Gasteiger partial charge is 0.446 e. The minimum atomic E-state index is -0.358. The number of hydrogen-bond donors (Lipinski definition) is 1. The first kappa shape index (κ1) is 30.0. The molecule has 1 amide bonds. The van der Waals surface area contributed by atoms with Gasteiger partial charge in [0, 0.05) is 17.1 Å². The van der Waals surface area contributed by atoms with Crippen molar-refractivity contribution in [2.45, 2.75) is 118 Å². The molecule has 1 N–H and O–H groups in total. The van der Waals surface area contributed by atoms with Gasteiger partial charge in [0.1, 0.15) is 6.10 Å². The number of anilines is 1. The van der Waals surface area contributed by atoms with Gasteiger partial charge in [0.05, 0.1) is 0 Å². The zero-order valence-electron chi connectivity index (χ0n) is 26.0. The zero-order chi connectivity index (χ0) is 28.7. The van der Waals surface area contributed by atoms with E-state index in [2.05, 4.69) is 52.9 Å². The van der Waals surface area contributed by atoms with Crippen LogP contribution in [0, 0.1) is 52.3 Å². The summed E-state index contributed by atoms with van der Waals surface area (Å²) in [7, 11) is 0. The van der Waals surface area contributed by atoms with E-state index in [9.17, 15) is 4.79 Å². The highest BCUT2D eigenvalue weighted by molar-refractivity contribution is 6.30. The van der Waals surface area contributed by atoms with E-state index < -0.39 is 0 Å². The van der Waals surface area contributed by atoms with E-state index in [0.29, 0.717) is 16.1 Å². The van der Waals surface area contributed by atoms with E-state index in [1.807, 2.05) is 12.1 Å².